The number of hydrogen-bond acceptors (Lipinski definition) is 4. The van der Waals surface area contributed by atoms with Gasteiger partial charge < -0.3 is 0 Å². The van der Waals surface area contributed by atoms with Crippen LogP contribution in [0.3, 0.4) is 0 Å². The van der Waals surface area contributed by atoms with Crippen molar-refractivity contribution < 1.29 is 16.8 Å². The number of sulfonamides is 2. The summed E-state index contributed by atoms with van der Waals surface area (Å²) in [6.07, 6.45) is 1.89. The minimum absolute atomic E-state index is 0. The van der Waals surface area contributed by atoms with Gasteiger partial charge in [0.1, 0.15) is 0 Å². The van der Waals surface area contributed by atoms with Crippen molar-refractivity contribution in [2.75, 3.05) is 25.8 Å². The molecular formula is C5H17N2O4PS2. The van der Waals surface area contributed by atoms with Gasteiger partial charge in [-0.1, -0.05) is 7.43 Å². The number of rotatable bonds is 3. The van der Waals surface area contributed by atoms with Crippen LogP contribution in [0.2, 0.25) is 0 Å². The first-order valence-corrected chi connectivity index (χ1v) is 9.56. The molecule has 0 amide bonds. The minimum atomic E-state index is -3.51. The highest BCUT2D eigenvalue weighted by Crippen LogP contribution is 2.37. The van der Waals surface area contributed by atoms with E-state index >= 15 is 0 Å². The molecule has 0 radical (unpaired) electrons. The predicted molar refractivity (Wildman–Crippen MR) is 60.8 cm³/mol. The van der Waals surface area contributed by atoms with Crippen molar-refractivity contribution in [1.29, 1.82) is 0 Å². The Kier molecular flexibility index (Phi) is 5.59. The SMILES string of the molecule is C.CP(C)(=NS(C)(=O)=O)NS(C)(=O)=O. The van der Waals surface area contributed by atoms with Gasteiger partial charge in [-0.3, -0.25) is 0 Å². The summed E-state index contributed by atoms with van der Waals surface area (Å²) in [5.74, 6) is 0. The van der Waals surface area contributed by atoms with Gasteiger partial charge in [-0.2, -0.15) is 8.64 Å². The van der Waals surface area contributed by atoms with Gasteiger partial charge in [0, 0.05) is 0 Å². The topological polar surface area (TPSA) is 92.7 Å². The quantitative estimate of drug-likeness (QED) is 0.751. The largest absolute Gasteiger partial charge is 0.250 e. The third kappa shape index (κ3) is 10.2. The zero-order chi connectivity index (χ0) is 10.9. The lowest BCUT2D eigenvalue weighted by molar-refractivity contribution is 0.600. The van der Waals surface area contributed by atoms with E-state index in [9.17, 15) is 16.8 Å². The molecule has 0 aromatic carbocycles. The molecule has 0 heterocycles. The van der Waals surface area contributed by atoms with E-state index in [0.29, 0.717) is 0 Å². The van der Waals surface area contributed by atoms with Crippen LogP contribution in [0.1, 0.15) is 7.43 Å². The molecule has 1 N–H and O–H groups in total. The van der Waals surface area contributed by atoms with Crippen LogP contribution in [0, 0.1) is 0 Å². The second-order valence-corrected chi connectivity index (χ2v) is 10.3. The highest BCUT2D eigenvalue weighted by Gasteiger charge is 2.14. The molecule has 0 aliphatic heterocycles. The summed E-state index contributed by atoms with van der Waals surface area (Å²) in [5.41, 5.74) is 0. The van der Waals surface area contributed by atoms with Gasteiger partial charge in [-0.15, -0.1) is 0 Å². The molecule has 14 heavy (non-hydrogen) atoms. The second-order valence-electron chi connectivity index (χ2n) is 3.07. The molecule has 0 saturated carbocycles. The highest BCUT2D eigenvalue weighted by atomic mass is 32.2. The fourth-order valence-corrected chi connectivity index (χ4v) is 7.44. The molecule has 0 saturated heterocycles. The molecule has 0 aromatic rings. The van der Waals surface area contributed by atoms with Gasteiger partial charge in [-0.25, -0.2) is 16.8 Å². The number of nitrogens with one attached hydrogen (secondary N) is 1. The van der Waals surface area contributed by atoms with Crippen molar-refractivity contribution in [2.45, 2.75) is 7.43 Å². The molecule has 0 atom stereocenters. The molecule has 88 valence electrons. The summed E-state index contributed by atoms with van der Waals surface area (Å²) < 4.78 is 48.7. The van der Waals surface area contributed by atoms with E-state index in [1.165, 1.54) is 13.3 Å². The predicted octanol–water partition coefficient (Wildman–Crippen LogP) is 0.507. The monoisotopic (exact) mass is 264 g/mol. The van der Waals surface area contributed by atoms with Crippen LogP contribution in [0.5, 0.6) is 0 Å². The molecule has 0 aliphatic rings. The molecule has 0 fully saturated rings. The number of nitrogens with zero attached hydrogens (tertiary/aromatic N) is 1. The van der Waals surface area contributed by atoms with Crippen molar-refractivity contribution in [2.24, 2.45) is 4.15 Å². The zero-order valence-corrected chi connectivity index (χ0v) is 10.4. The minimum Gasteiger partial charge on any atom is -0.212 e. The lowest BCUT2D eigenvalue weighted by Crippen LogP contribution is -2.18. The summed E-state index contributed by atoms with van der Waals surface area (Å²) >= 11 is 0. The average Bonchev–Trinajstić information content (AvgIpc) is 1.43. The maximum Gasteiger partial charge on any atom is 0.250 e. The Balaban J connectivity index is 0. The van der Waals surface area contributed by atoms with Gasteiger partial charge in [0.2, 0.25) is 20.0 Å². The fourth-order valence-electron chi connectivity index (χ4n) is 0.793. The van der Waals surface area contributed by atoms with E-state index in [1.807, 2.05) is 0 Å². The van der Waals surface area contributed by atoms with Crippen LogP contribution in [-0.2, 0) is 20.0 Å². The Labute approximate surface area is 86.3 Å². The molecule has 0 unspecified atom stereocenters. The van der Waals surface area contributed by atoms with Gasteiger partial charge >= 0.3 is 0 Å². The lowest BCUT2D eigenvalue weighted by atomic mass is 11.9. The smallest absolute Gasteiger partial charge is 0.212 e. The fraction of sp³-hybridized carbons (Fsp3) is 1.00. The van der Waals surface area contributed by atoms with Crippen molar-refractivity contribution in [3.05, 3.63) is 0 Å². The van der Waals surface area contributed by atoms with Crippen molar-refractivity contribution in [3.8, 4) is 0 Å². The van der Waals surface area contributed by atoms with Gasteiger partial charge in [-0.05, 0) is 13.3 Å². The number of hydrogen-bond donors (Lipinski definition) is 1. The molecule has 9 heteroatoms. The Morgan fingerprint density at radius 1 is 1.07 bits per heavy atom. The average molecular weight is 264 g/mol. The van der Waals surface area contributed by atoms with E-state index in [2.05, 4.69) is 8.64 Å². The van der Waals surface area contributed by atoms with E-state index in [1.54, 1.807) is 0 Å². The Hall–Kier alpha value is 0.0900. The van der Waals surface area contributed by atoms with Crippen LogP contribution in [-0.4, -0.2) is 42.7 Å². The summed E-state index contributed by atoms with van der Waals surface area (Å²) in [4.78, 5) is 0. The van der Waals surface area contributed by atoms with E-state index in [-0.39, 0.29) is 7.43 Å². The van der Waals surface area contributed by atoms with Gasteiger partial charge in [0.05, 0.1) is 19.7 Å². The molecular weight excluding hydrogens is 247 g/mol. The van der Waals surface area contributed by atoms with Crippen LogP contribution in [0.25, 0.3) is 0 Å². The summed E-state index contributed by atoms with van der Waals surface area (Å²) in [6, 6.07) is 0. The van der Waals surface area contributed by atoms with Crippen molar-refractivity contribution in [3.63, 3.8) is 0 Å². The molecule has 0 aromatic heterocycles. The standard InChI is InChI=1S/C4H13N2O4PS2.CH4/c1-11(2,5-12(3,7)8)6-13(4,9)10;/h5H,1-4H3;1H4. The third-order valence-corrected chi connectivity index (χ3v) is 6.67. The summed E-state index contributed by atoms with van der Waals surface area (Å²) in [7, 11) is -9.41. The molecule has 0 aliphatic carbocycles. The summed E-state index contributed by atoms with van der Waals surface area (Å²) in [6.45, 7) is 2.93. The van der Waals surface area contributed by atoms with Crippen LogP contribution in [0.15, 0.2) is 4.15 Å². The second kappa shape index (κ2) is 4.74. The first kappa shape index (κ1) is 16.5. The maximum atomic E-state index is 10.8. The van der Waals surface area contributed by atoms with E-state index < -0.39 is 27.3 Å². The Morgan fingerprint density at radius 3 is 1.64 bits per heavy atom. The molecule has 0 rings (SSSR count). The van der Waals surface area contributed by atoms with Crippen LogP contribution >= 0.6 is 7.21 Å². The third-order valence-electron chi connectivity index (χ3n) is 0.742. The molecule has 6 nitrogen and oxygen atoms in total. The van der Waals surface area contributed by atoms with Crippen LogP contribution in [0.4, 0.5) is 0 Å². The van der Waals surface area contributed by atoms with Crippen LogP contribution < -0.4 is 4.49 Å². The highest BCUT2D eigenvalue weighted by molar-refractivity contribution is 7.98. The normalized spacial score (nSPS) is 13.1. The van der Waals surface area contributed by atoms with Gasteiger partial charge in [0.25, 0.3) is 0 Å². The van der Waals surface area contributed by atoms with Crippen molar-refractivity contribution >= 4 is 27.3 Å². The molecule has 0 bridgehead atoms. The van der Waals surface area contributed by atoms with Gasteiger partial charge in [0.15, 0.2) is 0 Å². The zero-order valence-electron chi connectivity index (χ0n) is 7.84. The summed E-state index contributed by atoms with van der Waals surface area (Å²) in [5, 5.41) is 0. The first-order chi connectivity index (χ1) is 5.41. The molecule has 0 spiro atoms. The van der Waals surface area contributed by atoms with Crippen molar-refractivity contribution in [1.82, 2.24) is 4.49 Å². The Bertz CT molecular complexity index is 430. The van der Waals surface area contributed by atoms with E-state index in [0.717, 1.165) is 12.5 Å². The Morgan fingerprint density at radius 2 is 1.43 bits per heavy atom. The lowest BCUT2D eigenvalue weighted by Gasteiger charge is -2.12. The maximum absolute atomic E-state index is 10.8. The van der Waals surface area contributed by atoms with E-state index in [4.69, 9.17) is 0 Å². The first-order valence-electron chi connectivity index (χ1n) is 3.19.